The van der Waals surface area contributed by atoms with Crippen molar-refractivity contribution in [2.45, 2.75) is 0 Å². The van der Waals surface area contributed by atoms with Crippen molar-refractivity contribution in [1.29, 1.82) is 0 Å². The first-order valence-corrected chi connectivity index (χ1v) is 6.42. The molecule has 1 N–H and O–H groups in total. The fourth-order valence-electron chi connectivity index (χ4n) is 1.79. The van der Waals surface area contributed by atoms with Gasteiger partial charge in [0, 0.05) is 10.6 Å². The fraction of sp³-hybridized carbons (Fsp3) is 0. The quantitative estimate of drug-likeness (QED) is 0.694. The van der Waals surface area contributed by atoms with E-state index in [-0.39, 0.29) is 0 Å². The lowest BCUT2D eigenvalue weighted by Gasteiger charge is -2.03. The van der Waals surface area contributed by atoms with E-state index in [1.165, 1.54) is 0 Å². The third-order valence-electron chi connectivity index (χ3n) is 2.67. The average Bonchev–Trinajstić information content (AvgIpc) is 2.93. The van der Waals surface area contributed by atoms with Crippen LogP contribution in [0.3, 0.4) is 0 Å². The standard InChI is InChI=1S/C14H9ClN2OS/c15-10-5-3-9(4-6-10)11-8-12(17-14(19)16-11)13-2-1-7-18-13/h1-8H,(H,16,17,19). The molecule has 0 saturated heterocycles. The second kappa shape index (κ2) is 4.99. The Morgan fingerprint density at radius 1 is 1.16 bits per heavy atom. The van der Waals surface area contributed by atoms with Gasteiger partial charge in [0.2, 0.25) is 0 Å². The Balaban J connectivity index is 2.12. The summed E-state index contributed by atoms with van der Waals surface area (Å²) in [5.74, 6) is 0.726. The Bertz CT molecular complexity index is 748. The number of hydrogen-bond donors (Lipinski definition) is 1. The highest BCUT2D eigenvalue weighted by Gasteiger charge is 2.06. The molecule has 3 rings (SSSR count). The van der Waals surface area contributed by atoms with Crippen LogP contribution in [0.25, 0.3) is 22.7 Å². The number of aromatic amines is 1. The summed E-state index contributed by atoms with van der Waals surface area (Å²) in [5, 5.41) is 0.691. The second-order valence-electron chi connectivity index (χ2n) is 3.97. The number of rotatable bonds is 2. The van der Waals surface area contributed by atoms with Gasteiger partial charge in [-0.3, -0.25) is 0 Å². The van der Waals surface area contributed by atoms with Gasteiger partial charge in [-0.1, -0.05) is 23.7 Å². The van der Waals surface area contributed by atoms with Crippen LogP contribution >= 0.6 is 23.8 Å². The molecule has 0 amide bonds. The molecule has 0 bridgehead atoms. The monoisotopic (exact) mass is 288 g/mol. The molecule has 0 fully saturated rings. The first kappa shape index (κ1) is 12.1. The largest absolute Gasteiger partial charge is 0.463 e. The summed E-state index contributed by atoms with van der Waals surface area (Å²) in [4.78, 5) is 7.33. The molecule has 0 atom stereocenters. The van der Waals surface area contributed by atoms with Crippen LogP contribution in [0, 0.1) is 4.77 Å². The zero-order valence-corrected chi connectivity index (χ0v) is 11.3. The van der Waals surface area contributed by atoms with E-state index in [2.05, 4.69) is 9.97 Å². The van der Waals surface area contributed by atoms with E-state index >= 15 is 0 Å². The van der Waals surface area contributed by atoms with Crippen LogP contribution < -0.4 is 0 Å². The van der Waals surface area contributed by atoms with Crippen molar-refractivity contribution < 1.29 is 4.42 Å². The fourth-order valence-corrected chi connectivity index (χ4v) is 2.13. The van der Waals surface area contributed by atoms with Gasteiger partial charge in [0.15, 0.2) is 4.77 Å². The topological polar surface area (TPSA) is 41.8 Å². The Morgan fingerprint density at radius 3 is 2.63 bits per heavy atom. The van der Waals surface area contributed by atoms with Gasteiger partial charge in [0.05, 0.1) is 17.7 Å². The van der Waals surface area contributed by atoms with Crippen molar-refractivity contribution in [3.63, 3.8) is 0 Å². The Hall–Kier alpha value is -1.91. The number of nitrogens with one attached hydrogen (secondary N) is 1. The molecule has 2 heterocycles. The lowest BCUT2D eigenvalue weighted by Crippen LogP contribution is -1.90. The summed E-state index contributed by atoms with van der Waals surface area (Å²) in [5.41, 5.74) is 2.54. The Morgan fingerprint density at radius 2 is 1.95 bits per heavy atom. The van der Waals surface area contributed by atoms with E-state index in [9.17, 15) is 0 Å². The molecule has 1 aromatic carbocycles. The SMILES string of the molecule is S=c1nc(-c2ccc(Cl)cc2)cc(-c2ccco2)[nH]1. The van der Waals surface area contributed by atoms with E-state index in [4.69, 9.17) is 28.2 Å². The van der Waals surface area contributed by atoms with Gasteiger partial charge in [-0.15, -0.1) is 0 Å². The lowest BCUT2D eigenvalue weighted by molar-refractivity contribution is 0.579. The maximum absolute atomic E-state index is 5.88. The molecule has 0 saturated carbocycles. The summed E-state index contributed by atoms with van der Waals surface area (Å²) in [6.07, 6.45) is 1.62. The molecule has 0 spiro atoms. The smallest absolute Gasteiger partial charge is 0.197 e. The zero-order valence-electron chi connectivity index (χ0n) is 9.76. The normalized spacial score (nSPS) is 10.6. The molecule has 5 heteroatoms. The molecule has 0 unspecified atom stereocenters. The maximum atomic E-state index is 5.88. The highest BCUT2D eigenvalue weighted by Crippen LogP contribution is 2.24. The summed E-state index contributed by atoms with van der Waals surface area (Å²) in [6.45, 7) is 0. The van der Waals surface area contributed by atoms with Gasteiger partial charge in [-0.2, -0.15) is 0 Å². The van der Waals surface area contributed by atoms with Crippen LogP contribution in [0.4, 0.5) is 0 Å². The molecule has 3 aromatic rings. The van der Waals surface area contributed by atoms with Gasteiger partial charge in [-0.05, 0) is 42.5 Å². The first-order valence-electron chi connectivity index (χ1n) is 5.63. The van der Waals surface area contributed by atoms with Crippen molar-refractivity contribution in [2.75, 3.05) is 0 Å². The third-order valence-corrected chi connectivity index (χ3v) is 3.12. The molecule has 2 aromatic heterocycles. The molecule has 0 radical (unpaired) electrons. The van der Waals surface area contributed by atoms with Gasteiger partial charge < -0.3 is 9.40 Å². The van der Waals surface area contributed by atoms with E-state index < -0.39 is 0 Å². The van der Waals surface area contributed by atoms with E-state index in [1.54, 1.807) is 6.26 Å². The van der Waals surface area contributed by atoms with Crippen LogP contribution in [-0.4, -0.2) is 9.97 Å². The van der Waals surface area contributed by atoms with Crippen molar-refractivity contribution in [1.82, 2.24) is 9.97 Å². The molecule has 0 aliphatic carbocycles. The van der Waals surface area contributed by atoms with E-state index in [0.29, 0.717) is 9.79 Å². The first-order chi connectivity index (χ1) is 9.22. The third kappa shape index (κ3) is 2.59. The van der Waals surface area contributed by atoms with Gasteiger partial charge in [0.1, 0.15) is 5.76 Å². The van der Waals surface area contributed by atoms with Crippen LogP contribution in [0.5, 0.6) is 0 Å². The highest BCUT2D eigenvalue weighted by molar-refractivity contribution is 7.71. The molecular formula is C14H9ClN2OS. The van der Waals surface area contributed by atoms with Crippen molar-refractivity contribution in [3.05, 3.63) is 58.5 Å². The number of aromatic nitrogens is 2. The molecule has 0 aliphatic rings. The summed E-state index contributed by atoms with van der Waals surface area (Å²) < 4.78 is 5.77. The molecule has 0 aliphatic heterocycles. The molecule has 3 nitrogen and oxygen atoms in total. The number of hydrogen-bond acceptors (Lipinski definition) is 3. The number of furan rings is 1. The van der Waals surface area contributed by atoms with Crippen molar-refractivity contribution in [2.24, 2.45) is 0 Å². The average molecular weight is 289 g/mol. The minimum atomic E-state index is 0.416. The van der Waals surface area contributed by atoms with Crippen molar-refractivity contribution >= 4 is 23.8 Å². The molecule has 94 valence electrons. The van der Waals surface area contributed by atoms with Crippen LogP contribution in [-0.2, 0) is 0 Å². The second-order valence-corrected chi connectivity index (χ2v) is 4.79. The van der Waals surface area contributed by atoms with Gasteiger partial charge in [-0.25, -0.2) is 4.98 Å². The maximum Gasteiger partial charge on any atom is 0.197 e. The minimum absolute atomic E-state index is 0.416. The van der Waals surface area contributed by atoms with Crippen LogP contribution in [0.2, 0.25) is 5.02 Å². The number of halogens is 1. The van der Waals surface area contributed by atoms with Crippen LogP contribution in [0.1, 0.15) is 0 Å². The van der Waals surface area contributed by atoms with Crippen LogP contribution in [0.15, 0.2) is 53.1 Å². The molecular weight excluding hydrogens is 280 g/mol. The van der Waals surface area contributed by atoms with Gasteiger partial charge >= 0.3 is 0 Å². The summed E-state index contributed by atoms with van der Waals surface area (Å²) >= 11 is 11.0. The summed E-state index contributed by atoms with van der Waals surface area (Å²) in [7, 11) is 0. The zero-order chi connectivity index (χ0) is 13.2. The number of H-pyrrole nitrogens is 1. The summed E-state index contributed by atoms with van der Waals surface area (Å²) in [6, 6.07) is 13.1. The number of benzene rings is 1. The molecule has 19 heavy (non-hydrogen) atoms. The predicted octanol–water partition coefficient (Wildman–Crippen LogP) is 4.72. The Kier molecular flexibility index (Phi) is 3.19. The minimum Gasteiger partial charge on any atom is -0.463 e. The van der Waals surface area contributed by atoms with E-state index in [0.717, 1.165) is 22.7 Å². The predicted molar refractivity (Wildman–Crippen MR) is 77.6 cm³/mol. The lowest BCUT2D eigenvalue weighted by atomic mass is 10.1. The Labute approximate surface area is 119 Å². The highest BCUT2D eigenvalue weighted by atomic mass is 35.5. The van der Waals surface area contributed by atoms with Crippen molar-refractivity contribution in [3.8, 4) is 22.7 Å². The number of nitrogens with zero attached hydrogens (tertiary/aromatic N) is 1. The van der Waals surface area contributed by atoms with E-state index in [1.807, 2.05) is 42.5 Å². The van der Waals surface area contributed by atoms with Gasteiger partial charge in [0.25, 0.3) is 0 Å².